The molecule has 1 aromatic rings. The lowest BCUT2D eigenvalue weighted by Gasteiger charge is -2.10. The standard InChI is InChI=1S/C10H15NO2/c1-2-8(11)5-7-6-9(12)3-4-10(7)13/h3-4,6,8,12-13H,2,5,11H2,1H3. The Bertz CT molecular complexity index is 286. The van der Waals surface area contributed by atoms with Crippen molar-refractivity contribution < 1.29 is 10.2 Å². The van der Waals surface area contributed by atoms with Gasteiger partial charge in [-0.3, -0.25) is 0 Å². The molecule has 0 saturated carbocycles. The number of hydrogen-bond donors (Lipinski definition) is 3. The fraction of sp³-hybridized carbons (Fsp3) is 0.400. The molecule has 4 N–H and O–H groups in total. The van der Waals surface area contributed by atoms with Gasteiger partial charge in [0.1, 0.15) is 11.5 Å². The zero-order chi connectivity index (χ0) is 9.84. The van der Waals surface area contributed by atoms with E-state index < -0.39 is 0 Å². The predicted molar refractivity (Wildman–Crippen MR) is 51.7 cm³/mol. The minimum Gasteiger partial charge on any atom is -0.508 e. The van der Waals surface area contributed by atoms with Crippen LogP contribution in [0.15, 0.2) is 18.2 Å². The van der Waals surface area contributed by atoms with E-state index in [2.05, 4.69) is 0 Å². The summed E-state index contributed by atoms with van der Waals surface area (Å²) in [6, 6.07) is 4.52. The van der Waals surface area contributed by atoms with Crippen molar-refractivity contribution in [3.8, 4) is 11.5 Å². The molecular weight excluding hydrogens is 166 g/mol. The van der Waals surface area contributed by atoms with Crippen LogP contribution in [0.1, 0.15) is 18.9 Å². The molecule has 0 heterocycles. The van der Waals surface area contributed by atoms with Crippen LogP contribution >= 0.6 is 0 Å². The summed E-state index contributed by atoms with van der Waals surface area (Å²) in [5, 5.41) is 18.6. The van der Waals surface area contributed by atoms with E-state index in [1.54, 1.807) is 6.07 Å². The number of phenolic OH excluding ortho intramolecular Hbond substituents is 2. The normalized spacial score (nSPS) is 12.8. The lowest BCUT2D eigenvalue weighted by Crippen LogP contribution is -2.21. The van der Waals surface area contributed by atoms with Crippen LogP contribution in [0.5, 0.6) is 11.5 Å². The SMILES string of the molecule is CCC(N)Cc1cc(O)ccc1O. The van der Waals surface area contributed by atoms with Gasteiger partial charge in [0.05, 0.1) is 0 Å². The molecule has 1 aromatic carbocycles. The Morgan fingerprint density at radius 1 is 1.38 bits per heavy atom. The van der Waals surface area contributed by atoms with E-state index in [1.165, 1.54) is 12.1 Å². The second-order valence-electron chi connectivity index (χ2n) is 3.19. The molecule has 0 bridgehead atoms. The first-order chi connectivity index (χ1) is 6.13. The van der Waals surface area contributed by atoms with E-state index in [0.717, 1.165) is 6.42 Å². The summed E-state index contributed by atoms with van der Waals surface area (Å²) in [6.07, 6.45) is 1.45. The third-order valence-electron chi connectivity index (χ3n) is 2.07. The second-order valence-corrected chi connectivity index (χ2v) is 3.19. The zero-order valence-electron chi connectivity index (χ0n) is 7.70. The maximum atomic E-state index is 9.41. The largest absolute Gasteiger partial charge is 0.508 e. The third-order valence-corrected chi connectivity index (χ3v) is 2.07. The van der Waals surface area contributed by atoms with Crippen LogP contribution in [-0.4, -0.2) is 16.3 Å². The molecule has 3 heteroatoms. The number of benzene rings is 1. The lowest BCUT2D eigenvalue weighted by atomic mass is 10.0. The van der Waals surface area contributed by atoms with E-state index >= 15 is 0 Å². The average molecular weight is 181 g/mol. The highest BCUT2D eigenvalue weighted by atomic mass is 16.3. The third kappa shape index (κ3) is 2.63. The average Bonchev–Trinajstić information content (AvgIpc) is 2.11. The first-order valence-electron chi connectivity index (χ1n) is 4.40. The maximum Gasteiger partial charge on any atom is 0.119 e. The Kier molecular flexibility index (Phi) is 3.14. The van der Waals surface area contributed by atoms with Crippen LogP contribution in [0, 0.1) is 0 Å². The smallest absolute Gasteiger partial charge is 0.119 e. The summed E-state index contributed by atoms with van der Waals surface area (Å²) in [4.78, 5) is 0. The quantitative estimate of drug-likeness (QED) is 0.617. The first kappa shape index (κ1) is 9.86. The van der Waals surface area contributed by atoms with E-state index in [-0.39, 0.29) is 17.5 Å². The minimum atomic E-state index is 0.0349. The van der Waals surface area contributed by atoms with E-state index in [9.17, 15) is 10.2 Å². The Labute approximate surface area is 77.8 Å². The fourth-order valence-corrected chi connectivity index (χ4v) is 1.16. The van der Waals surface area contributed by atoms with Crippen molar-refractivity contribution in [2.45, 2.75) is 25.8 Å². The first-order valence-corrected chi connectivity index (χ1v) is 4.40. The molecule has 72 valence electrons. The number of phenols is 2. The van der Waals surface area contributed by atoms with Crippen molar-refractivity contribution >= 4 is 0 Å². The van der Waals surface area contributed by atoms with E-state index in [0.29, 0.717) is 12.0 Å². The Hall–Kier alpha value is -1.22. The van der Waals surface area contributed by atoms with E-state index in [4.69, 9.17) is 5.73 Å². The van der Waals surface area contributed by atoms with Crippen LogP contribution in [0.25, 0.3) is 0 Å². The molecule has 1 rings (SSSR count). The van der Waals surface area contributed by atoms with Crippen LogP contribution in [0.4, 0.5) is 0 Å². The lowest BCUT2D eigenvalue weighted by molar-refractivity contribution is 0.450. The van der Waals surface area contributed by atoms with Crippen molar-refractivity contribution in [3.63, 3.8) is 0 Å². The highest BCUT2D eigenvalue weighted by Crippen LogP contribution is 2.23. The molecule has 0 aromatic heterocycles. The van der Waals surface area contributed by atoms with Crippen molar-refractivity contribution in [3.05, 3.63) is 23.8 Å². The Morgan fingerprint density at radius 2 is 2.08 bits per heavy atom. The van der Waals surface area contributed by atoms with Gasteiger partial charge in [-0.05, 0) is 36.6 Å². The molecule has 0 saturated heterocycles. The van der Waals surface area contributed by atoms with Gasteiger partial charge in [-0.15, -0.1) is 0 Å². The van der Waals surface area contributed by atoms with Crippen molar-refractivity contribution in [2.24, 2.45) is 5.73 Å². The van der Waals surface area contributed by atoms with Gasteiger partial charge >= 0.3 is 0 Å². The van der Waals surface area contributed by atoms with Gasteiger partial charge in [-0.1, -0.05) is 6.92 Å². The summed E-state index contributed by atoms with van der Waals surface area (Å²) in [5.74, 6) is 0.359. The maximum absolute atomic E-state index is 9.41. The molecule has 0 spiro atoms. The molecule has 1 unspecified atom stereocenters. The number of rotatable bonds is 3. The van der Waals surface area contributed by atoms with E-state index in [1.807, 2.05) is 6.92 Å². The summed E-state index contributed by atoms with van der Waals surface area (Å²) in [7, 11) is 0. The Balaban J connectivity index is 2.81. The van der Waals surface area contributed by atoms with Crippen molar-refractivity contribution in [1.29, 1.82) is 0 Å². The minimum absolute atomic E-state index is 0.0349. The zero-order valence-corrected chi connectivity index (χ0v) is 7.70. The predicted octanol–water partition coefficient (Wildman–Crippen LogP) is 1.38. The van der Waals surface area contributed by atoms with Gasteiger partial charge in [-0.25, -0.2) is 0 Å². The number of nitrogens with two attached hydrogens (primary N) is 1. The molecule has 0 amide bonds. The van der Waals surface area contributed by atoms with Crippen LogP contribution in [0.3, 0.4) is 0 Å². The Morgan fingerprint density at radius 3 is 2.69 bits per heavy atom. The molecule has 0 fully saturated rings. The van der Waals surface area contributed by atoms with Gasteiger partial charge in [0.15, 0.2) is 0 Å². The molecule has 0 aliphatic heterocycles. The highest BCUT2D eigenvalue weighted by Gasteiger charge is 2.06. The highest BCUT2D eigenvalue weighted by molar-refractivity contribution is 5.39. The van der Waals surface area contributed by atoms with Gasteiger partial charge < -0.3 is 15.9 Å². The molecule has 1 atom stereocenters. The van der Waals surface area contributed by atoms with Crippen LogP contribution in [0.2, 0.25) is 0 Å². The summed E-state index contributed by atoms with van der Waals surface area (Å²) in [5.41, 5.74) is 6.43. The summed E-state index contributed by atoms with van der Waals surface area (Å²) in [6.45, 7) is 1.99. The van der Waals surface area contributed by atoms with Crippen molar-refractivity contribution in [1.82, 2.24) is 0 Å². The van der Waals surface area contributed by atoms with Gasteiger partial charge in [0, 0.05) is 6.04 Å². The van der Waals surface area contributed by atoms with Crippen molar-refractivity contribution in [2.75, 3.05) is 0 Å². The van der Waals surface area contributed by atoms with Gasteiger partial charge in [0.2, 0.25) is 0 Å². The molecule has 13 heavy (non-hydrogen) atoms. The number of aromatic hydroxyl groups is 2. The summed E-state index contributed by atoms with van der Waals surface area (Å²) < 4.78 is 0. The topological polar surface area (TPSA) is 66.5 Å². The van der Waals surface area contributed by atoms with Crippen LogP contribution < -0.4 is 5.73 Å². The van der Waals surface area contributed by atoms with Gasteiger partial charge in [0.25, 0.3) is 0 Å². The molecule has 0 aliphatic carbocycles. The molecule has 0 aliphatic rings. The number of hydrogen-bond acceptors (Lipinski definition) is 3. The monoisotopic (exact) mass is 181 g/mol. The molecule has 3 nitrogen and oxygen atoms in total. The molecular formula is C10H15NO2. The second kappa shape index (κ2) is 4.14. The molecule has 0 radical (unpaired) electrons. The van der Waals surface area contributed by atoms with Crippen LogP contribution in [-0.2, 0) is 6.42 Å². The van der Waals surface area contributed by atoms with Gasteiger partial charge in [-0.2, -0.15) is 0 Å². The summed E-state index contributed by atoms with van der Waals surface area (Å²) >= 11 is 0. The fourth-order valence-electron chi connectivity index (χ4n) is 1.16.